The number of nitrogens with one attached hydrogen (secondary N) is 2. The molecule has 22 heavy (non-hydrogen) atoms. The lowest BCUT2D eigenvalue weighted by atomic mass is 10.2. The summed E-state index contributed by atoms with van der Waals surface area (Å²) in [5.41, 5.74) is 0.706. The molecule has 0 bridgehead atoms. The SMILES string of the molecule is Cl.O=C(NCc1nc(-c2ccccc2Cl)no1)C1CCCN1. The summed E-state index contributed by atoms with van der Waals surface area (Å²) in [5, 5.41) is 10.4. The maximum absolute atomic E-state index is 11.9. The quantitative estimate of drug-likeness (QED) is 0.890. The lowest BCUT2D eigenvalue weighted by molar-refractivity contribution is -0.123. The summed E-state index contributed by atoms with van der Waals surface area (Å²) in [7, 11) is 0. The first-order valence-corrected chi connectivity index (χ1v) is 7.20. The molecular weight excluding hydrogens is 327 g/mol. The molecule has 1 amide bonds. The molecule has 1 aliphatic rings. The molecule has 1 atom stereocenters. The number of hydrogen-bond acceptors (Lipinski definition) is 5. The highest BCUT2D eigenvalue weighted by Gasteiger charge is 2.22. The normalized spacial score (nSPS) is 17.0. The van der Waals surface area contributed by atoms with E-state index in [-0.39, 0.29) is 30.9 Å². The second kappa shape index (κ2) is 7.58. The first-order chi connectivity index (χ1) is 10.2. The van der Waals surface area contributed by atoms with Gasteiger partial charge in [0.05, 0.1) is 17.6 Å². The van der Waals surface area contributed by atoms with Crippen LogP contribution in [0.3, 0.4) is 0 Å². The summed E-state index contributed by atoms with van der Waals surface area (Å²) >= 11 is 6.08. The fourth-order valence-electron chi connectivity index (χ4n) is 2.27. The van der Waals surface area contributed by atoms with Gasteiger partial charge in [-0.3, -0.25) is 4.79 Å². The van der Waals surface area contributed by atoms with Gasteiger partial charge in [-0.1, -0.05) is 28.9 Å². The van der Waals surface area contributed by atoms with E-state index >= 15 is 0 Å². The minimum Gasteiger partial charge on any atom is -0.346 e. The van der Waals surface area contributed by atoms with Crippen LogP contribution < -0.4 is 10.6 Å². The molecule has 3 rings (SSSR count). The predicted molar refractivity (Wildman–Crippen MR) is 84.9 cm³/mol. The molecule has 2 aromatic rings. The smallest absolute Gasteiger partial charge is 0.246 e. The second-order valence-electron chi connectivity index (χ2n) is 4.86. The molecule has 2 N–H and O–H groups in total. The van der Waals surface area contributed by atoms with Crippen LogP contribution in [0, 0.1) is 0 Å². The van der Waals surface area contributed by atoms with Gasteiger partial charge in [-0.25, -0.2) is 0 Å². The average molecular weight is 343 g/mol. The first-order valence-electron chi connectivity index (χ1n) is 6.82. The number of aromatic nitrogens is 2. The van der Waals surface area contributed by atoms with Gasteiger partial charge < -0.3 is 15.2 Å². The molecular formula is C14H16Cl2N4O2. The number of carbonyl (C=O) groups excluding carboxylic acids is 1. The van der Waals surface area contributed by atoms with Crippen molar-refractivity contribution in [3.63, 3.8) is 0 Å². The Kier molecular flexibility index (Phi) is 5.76. The van der Waals surface area contributed by atoms with E-state index in [1.807, 2.05) is 18.2 Å². The Hall–Kier alpha value is -1.63. The van der Waals surface area contributed by atoms with Crippen LogP contribution in [0.1, 0.15) is 18.7 Å². The fourth-order valence-corrected chi connectivity index (χ4v) is 2.49. The monoisotopic (exact) mass is 342 g/mol. The van der Waals surface area contributed by atoms with E-state index in [4.69, 9.17) is 16.1 Å². The van der Waals surface area contributed by atoms with Crippen molar-refractivity contribution in [1.29, 1.82) is 0 Å². The van der Waals surface area contributed by atoms with Gasteiger partial charge >= 0.3 is 0 Å². The van der Waals surface area contributed by atoms with Crippen molar-refractivity contribution in [2.45, 2.75) is 25.4 Å². The van der Waals surface area contributed by atoms with Crippen LogP contribution >= 0.6 is 24.0 Å². The second-order valence-corrected chi connectivity index (χ2v) is 5.27. The molecule has 0 saturated carbocycles. The number of rotatable bonds is 4. The average Bonchev–Trinajstić information content (AvgIpc) is 3.17. The Morgan fingerprint density at radius 1 is 1.45 bits per heavy atom. The van der Waals surface area contributed by atoms with Gasteiger partial charge in [0.2, 0.25) is 17.6 Å². The topological polar surface area (TPSA) is 80.1 Å². The van der Waals surface area contributed by atoms with E-state index in [9.17, 15) is 4.79 Å². The molecule has 1 fully saturated rings. The highest BCUT2D eigenvalue weighted by Crippen LogP contribution is 2.24. The first kappa shape index (κ1) is 16.7. The lowest BCUT2D eigenvalue weighted by Gasteiger charge is -2.08. The summed E-state index contributed by atoms with van der Waals surface area (Å²) in [6.45, 7) is 1.10. The molecule has 1 saturated heterocycles. The molecule has 0 radical (unpaired) electrons. The largest absolute Gasteiger partial charge is 0.346 e. The van der Waals surface area contributed by atoms with E-state index in [0.29, 0.717) is 22.3 Å². The van der Waals surface area contributed by atoms with Crippen LogP contribution in [-0.2, 0) is 11.3 Å². The van der Waals surface area contributed by atoms with Crippen molar-refractivity contribution >= 4 is 29.9 Å². The van der Waals surface area contributed by atoms with Crippen LogP contribution in [0.4, 0.5) is 0 Å². The summed E-state index contributed by atoms with van der Waals surface area (Å²) in [4.78, 5) is 16.1. The van der Waals surface area contributed by atoms with Gasteiger partial charge in [0, 0.05) is 5.56 Å². The fraction of sp³-hybridized carbons (Fsp3) is 0.357. The van der Waals surface area contributed by atoms with Crippen molar-refractivity contribution in [2.75, 3.05) is 6.54 Å². The maximum atomic E-state index is 11.9. The Morgan fingerprint density at radius 3 is 3.00 bits per heavy atom. The number of nitrogens with zero attached hydrogens (tertiary/aromatic N) is 2. The van der Waals surface area contributed by atoms with Crippen molar-refractivity contribution in [3.05, 3.63) is 35.2 Å². The van der Waals surface area contributed by atoms with E-state index < -0.39 is 0 Å². The number of hydrogen-bond donors (Lipinski definition) is 2. The molecule has 6 nitrogen and oxygen atoms in total. The minimum absolute atomic E-state index is 0. The van der Waals surface area contributed by atoms with E-state index in [2.05, 4.69) is 20.8 Å². The van der Waals surface area contributed by atoms with Crippen molar-refractivity contribution in [2.24, 2.45) is 0 Å². The van der Waals surface area contributed by atoms with Crippen molar-refractivity contribution < 1.29 is 9.32 Å². The number of carbonyl (C=O) groups is 1. The molecule has 1 aliphatic heterocycles. The third kappa shape index (κ3) is 3.76. The van der Waals surface area contributed by atoms with Gasteiger partial charge in [-0.05, 0) is 31.5 Å². The van der Waals surface area contributed by atoms with Crippen LogP contribution in [0.25, 0.3) is 11.4 Å². The maximum Gasteiger partial charge on any atom is 0.246 e. The molecule has 0 spiro atoms. The highest BCUT2D eigenvalue weighted by molar-refractivity contribution is 6.33. The number of benzene rings is 1. The highest BCUT2D eigenvalue weighted by atomic mass is 35.5. The summed E-state index contributed by atoms with van der Waals surface area (Å²) in [6.07, 6.45) is 1.88. The zero-order valence-corrected chi connectivity index (χ0v) is 13.3. The van der Waals surface area contributed by atoms with Crippen LogP contribution in [0.5, 0.6) is 0 Å². The lowest BCUT2D eigenvalue weighted by Crippen LogP contribution is -2.40. The van der Waals surface area contributed by atoms with Crippen LogP contribution in [0.2, 0.25) is 5.02 Å². The summed E-state index contributed by atoms with van der Waals surface area (Å²) < 4.78 is 5.13. The number of amides is 1. The van der Waals surface area contributed by atoms with Gasteiger partial charge in [-0.15, -0.1) is 12.4 Å². The third-order valence-corrected chi connectivity index (χ3v) is 3.70. The van der Waals surface area contributed by atoms with E-state index in [1.165, 1.54) is 0 Å². The molecule has 1 unspecified atom stereocenters. The van der Waals surface area contributed by atoms with E-state index in [1.54, 1.807) is 6.07 Å². The van der Waals surface area contributed by atoms with Gasteiger partial charge in [0.25, 0.3) is 0 Å². The predicted octanol–water partition coefficient (Wildman–Crippen LogP) is 2.18. The number of halogens is 2. The Labute approximate surface area is 139 Å². The molecule has 1 aromatic carbocycles. The minimum atomic E-state index is -0.115. The zero-order chi connectivity index (χ0) is 14.7. The molecule has 1 aromatic heterocycles. The zero-order valence-electron chi connectivity index (χ0n) is 11.7. The standard InChI is InChI=1S/C14H15ClN4O2.ClH/c15-10-5-2-1-4-9(10)13-18-12(21-19-13)8-17-14(20)11-6-3-7-16-11;/h1-2,4-5,11,16H,3,6-8H2,(H,17,20);1H. The van der Waals surface area contributed by atoms with Gasteiger partial charge in [-0.2, -0.15) is 4.98 Å². The van der Waals surface area contributed by atoms with Gasteiger partial charge in [0.15, 0.2) is 0 Å². The van der Waals surface area contributed by atoms with E-state index in [0.717, 1.165) is 19.4 Å². The summed E-state index contributed by atoms with van der Waals surface area (Å²) in [6, 6.07) is 7.15. The molecule has 118 valence electrons. The Bertz CT molecular complexity index is 641. The van der Waals surface area contributed by atoms with Gasteiger partial charge in [0.1, 0.15) is 0 Å². The third-order valence-electron chi connectivity index (χ3n) is 3.37. The van der Waals surface area contributed by atoms with Crippen molar-refractivity contribution in [3.8, 4) is 11.4 Å². The summed E-state index contributed by atoms with van der Waals surface area (Å²) in [5.74, 6) is 0.741. The molecule has 2 heterocycles. The Morgan fingerprint density at radius 2 is 2.27 bits per heavy atom. The van der Waals surface area contributed by atoms with Crippen molar-refractivity contribution in [1.82, 2.24) is 20.8 Å². The molecule has 0 aliphatic carbocycles. The molecule has 8 heteroatoms. The van der Waals surface area contributed by atoms with Crippen LogP contribution in [0.15, 0.2) is 28.8 Å². The van der Waals surface area contributed by atoms with Crippen LogP contribution in [-0.4, -0.2) is 28.6 Å². The Balaban J connectivity index is 0.00000176.